The van der Waals surface area contributed by atoms with Gasteiger partial charge >= 0.3 is 0 Å². The van der Waals surface area contributed by atoms with Crippen LogP contribution in [0.25, 0.3) is 0 Å². The van der Waals surface area contributed by atoms with Gasteiger partial charge in [0, 0.05) is 26.9 Å². The summed E-state index contributed by atoms with van der Waals surface area (Å²) >= 11 is 10.4. The average Bonchev–Trinajstić information content (AvgIpc) is 2.69. The molecule has 0 N–H and O–H groups in total. The number of rotatable bonds is 2. The molecule has 1 aromatic carbocycles. The smallest absolute Gasteiger partial charge is 0.255 e. The van der Waals surface area contributed by atoms with Crippen LogP contribution in [0.5, 0.6) is 0 Å². The molecule has 5 heteroatoms. The highest BCUT2D eigenvalue weighted by molar-refractivity contribution is 9.11. The molecule has 1 fully saturated rings. The van der Waals surface area contributed by atoms with Crippen molar-refractivity contribution in [1.29, 1.82) is 0 Å². The number of likely N-dealkylation sites (tertiary alicyclic amines) is 1. The van der Waals surface area contributed by atoms with Crippen molar-refractivity contribution in [1.82, 2.24) is 4.90 Å². The summed E-state index contributed by atoms with van der Waals surface area (Å²) < 4.78 is 1.81. The summed E-state index contributed by atoms with van der Waals surface area (Å²) in [5, 5.41) is 0.841. The van der Waals surface area contributed by atoms with Gasteiger partial charge in [0.2, 0.25) is 0 Å². The first kappa shape index (κ1) is 14.5. The molecule has 2 unspecified atom stereocenters. The highest BCUT2D eigenvalue weighted by Crippen LogP contribution is 2.29. The second kappa shape index (κ2) is 6.06. The lowest BCUT2D eigenvalue weighted by Gasteiger charge is -2.25. The van der Waals surface area contributed by atoms with E-state index >= 15 is 0 Å². The Morgan fingerprint density at radius 3 is 2.78 bits per heavy atom. The first-order chi connectivity index (χ1) is 8.54. The van der Waals surface area contributed by atoms with Gasteiger partial charge in [0.15, 0.2) is 0 Å². The molecule has 1 saturated heterocycles. The Morgan fingerprint density at radius 2 is 2.17 bits per heavy atom. The van der Waals surface area contributed by atoms with Gasteiger partial charge in [-0.25, -0.2) is 0 Å². The highest BCUT2D eigenvalue weighted by Gasteiger charge is 2.34. The van der Waals surface area contributed by atoms with E-state index in [0.717, 1.165) is 32.8 Å². The molecule has 1 aliphatic heterocycles. The van der Waals surface area contributed by atoms with E-state index in [4.69, 9.17) is 0 Å². The van der Waals surface area contributed by atoms with Crippen LogP contribution in [0.2, 0.25) is 0 Å². The maximum Gasteiger partial charge on any atom is 0.255 e. The maximum atomic E-state index is 12.6. The standard InChI is InChI=1S/C13H14Br3NO/c1-8-4-5-17(12(8)7-14)13(18)10-3-2-9(15)6-11(10)16/h2-3,6,8,12H,4-5,7H2,1H3. The van der Waals surface area contributed by atoms with Crippen LogP contribution < -0.4 is 0 Å². The average molecular weight is 440 g/mol. The summed E-state index contributed by atoms with van der Waals surface area (Å²) in [5.41, 5.74) is 0.734. The van der Waals surface area contributed by atoms with Crippen LogP contribution in [0, 0.1) is 5.92 Å². The Kier molecular flexibility index (Phi) is 4.89. The van der Waals surface area contributed by atoms with Gasteiger partial charge in [-0.15, -0.1) is 0 Å². The minimum Gasteiger partial charge on any atom is -0.335 e. The van der Waals surface area contributed by atoms with E-state index in [1.165, 1.54) is 0 Å². The first-order valence-electron chi connectivity index (χ1n) is 5.86. The molecule has 2 atom stereocenters. The van der Waals surface area contributed by atoms with Gasteiger partial charge in [0.05, 0.1) is 5.56 Å². The van der Waals surface area contributed by atoms with Gasteiger partial charge in [0.1, 0.15) is 0 Å². The molecule has 0 aliphatic carbocycles. The van der Waals surface area contributed by atoms with Crippen molar-refractivity contribution in [3.63, 3.8) is 0 Å². The number of carbonyl (C=O) groups excluding carboxylic acids is 1. The van der Waals surface area contributed by atoms with Gasteiger partial charge in [-0.05, 0) is 46.5 Å². The molecule has 98 valence electrons. The van der Waals surface area contributed by atoms with Crippen LogP contribution in [0.4, 0.5) is 0 Å². The zero-order chi connectivity index (χ0) is 13.3. The molecule has 2 nitrogen and oxygen atoms in total. The van der Waals surface area contributed by atoms with E-state index in [9.17, 15) is 4.79 Å². The fourth-order valence-corrected chi connectivity index (χ4v) is 4.52. The van der Waals surface area contributed by atoms with Crippen LogP contribution in [0.3, 0.4) is 0 Å². The molecule has 0 bridgehead atoms. The van der Waals surface area contributed by atoms with E-state index in [2.05, 4.69) is 54.7 Å². The Hall–Kier alpha value is 0.130. The van der Waals surface area contributed by atoms with Crippen molar-refractivity contribution in [2.75, 3.05) is 11.9 Å². The van der Waals surface area contributed by atoms with Gasteiger partial charge in [-0.3, -0.25) is 4.79 Å². The zero-order valence-electron chi connectivity index (χ0n) is 10.00. The third kappa shape index (κ3) is 2.83. The lowest BCUT2D eigenvalue weighted by Crippen LogP contribution is -2.38. The molecule has 1 aliphatic rings. The van der Waals surface area contributed by atoms with Crippen LogP contribution in [-0.2, 0) is 0 Å². The summed E-state index contributed by atoms with van der Waals surface area (Å²) in [7, 11) is 0. The van der Waals surface area contributed by atoms with E-state index in [1.54, 1.807) is 0 Å². The Bertz CT molecular complexity index is 464. The zero-order valence-corrected chi connectivity index (χ0v) is 14.8. The second-order valence-corrected chi connectivity index (χ2v) is 7.03. The molecular formula is C13H14Br3NO. The SMILES string of the molecule is CC1CCN(C(=O)c2ccc(Br)cc2Br)C1CBr. The normalized spacial score (nSPS) is 23.4. The summed E-state index contributed by atoms with van der Waals surface area (Å²) in [4.78, 5) is 14.5. The molecular weight excluding hydrogens is 426 g/mol. The summed E-state index contributed by atoms with van der Waals surface area (Å²) in [5.74, 6) is 0.672. The predicted octanol–water partition coefficient (Wildman–Crippen LogP) is 4.46. The van der Waals surface area contributed by atoms with Crippen LogP contribution in [0.15, 0.2) is 27.1 Å². The molecule has 0 spiro atoms. The summed E-state index contributed by atoms with van der Waals surface area (Å²) in [6, 6.07) is 5.98. The molecule has 1 heterocycles. The molecule has 18 heavy (non-hydrogen) atoms. The third-order valence-corrected chi connectivity index (χ3v) is 5.28. The first-order valence-corrected chi connectivity index (χ1v) is 8.57. The summed E-state index contributed by atoms with van der Waals surface area (Å²) in [6.07, 6.45) is 1.08. The van der Waals surface area contributed by atoms with Crippen LogP contribution in [0.1, 0.15) is 23.7 Å². The lowest BCUT2D eigenvalue weighted by molar-refractivity contribution is 0.0738. The van der Waals surface area contributed by atoms with Crippen molar-refractivity contribution in [2.24, 2.45) is 5.92 Å². The monoisotopic (exact) mass is 437 g/mol. The Morgan fingerprint density at radius 1 is 1.44 bits per heavy atom. The highest BCUT2D eigenvalue weighted by atomic mass is 79.9. The largest absolute Gasteiger partial charge is 0.335 e. The van der Waals surface area contributed by atoms with Gasteiger partial charge in [-0.1, -0.05) is 38.8 Å². The van der Waals surface area contributed by atoms with Crippen molar-refractivity contribution < 1.29 is 4.79 Å². The third-order valence-electron chi connectivity index (χ3n) is 3.46. The quantitative estimate of drug-likeness (QED) is 0.623. The van der Waals surface area contributed by atoms with Gasteiger partial charge in [0.25, 0.3) is 5.91 Å². The molecule has 1 amide bonds. The van der Waals surface area contributed by atoms with E-state index in [1.807, 2.05) is 23.1 Å². The molecule has 0 radical (unpaired) electrons. The number of halogens is 3. The fourth-order valence-electron chi connectivity index (χ4n) is 2.31. The minimum absolute atomic E-state index is 0.114. The van der Waals surface area contributed by atoms with Crippen LogP contribution >= 0.6 is 47.8 Å². The Labute approximate surface area is 133 Å². The second-order valence-electron chi connectivity index (χ2n) is 4.61. The maximum absolute atomic E-state index is 12.6. The predicted molar refractivity (Wildman–Crippen MR) is 84.2 cm³/mol. The number of nitrogens with zero attached hydrogens (tertiary/aromatic N) is 1. The number of benzene rings is 1. The number of carbonyl (C=O) groups is 1. The van der Waals surface area contributed by atoms with Crippen molar-refractivity contribution in [3.05, 3.63) is 32.7 Å². The van der Waals surface area contributed by atoms with E-state index in [-0.39, 0.29) is 5.91 Å². The lowest BCUT2D eigenvalue weighted by atomic mass is 10.0. The number of hydrogen-bond donors (Lipinski definition) is 0. The van der Waals surface area contributed by atoms with Gasteiger partial charge in [-0.2, -0.15) is 0 Å². The topological polar surface area (TPSA) is 20.3 Å². The van der Waals surface area contributed by atoms with E-state index < -0.39 is 0 Å². The number of hydrogen-bond acceptors (Lipinski definition) is 1. The van der Waals surface area contributed by atoms with Crippen LogP contribution in [-0.4, -0.2) is 28.7 Å². The van der Waals surface area contributed by atoms with Crippen molar-refractivity contribution >= 4 is 53.7 Å². The minimum atomic E-state index is 0.114. The van der Waals surface area contributed by atoms with Crippen molar-refractivity contribution in [3.8, 4) is 0 Å². The molecule has 2 rings (SSSR count). The Balaban J connectivity index is 2.26. The molecule has 1 aromatic rings. The number of amides is 1. The summed E-state index contributed by atoms with van der Waals surface area (Å²) in [6.45, 7) is 3.05. The molecule has 0 aromatic heterocycles. The number of alkyl halides is 1. The van der Waals surface area contributed by atoms with Gasteiger partial charge < -0.3 is 4.90 Å². The van der Waals surface area contributed by atoms with Crippen molar-refractivity contribution in [2.45, 2.75) is 19.4 Å². The molecule has 0 saturated carbocycles. The van der Waals surface area contributed by atoms with E-state index in [0.29, 0.717) is 12.0 Å². The fraction of sp³-hybridized carbons (Fsp3) is 0.462.